The lowest BCUT2D eigenvalue weighted by molar-refractivity contribution is 0.133. The van der Waals surface area contributed by atoms with Crippen LogP contribution in [-0.2, 0) is 6.54 Å². The van der Waals surface area contributed by atoms with Crippen molar-refractivity contribution < 1.29 is 14.6 Å². The largest absolute Gasteiger partial charge is 0.497 e. The van der Waals surface area contributed by atoms with Crippen LogP contribution in [0, 0.1) is 11.8 Å². The van der Waals surface area contributed by atoms with Crippen molar-refractivity contribution in [2.75, 3.05) is 27.4 Å². The van der Waals surface area contributed by atoms with Crippen molar-refractivity contribution in [2.24, 2.45) is 11.8 Å². The second-order valence-corrected chi connectivity index (χ2v) is 5.80. The third-order valence-electron chi connectivity index (χ3n) is 4.51. The van der Waals surface area contributed by atoms with Gasteiger partial charge in [-0.2, -0.15) is 0 Å². The van der Waals surface area contributed by atoms with E-state index in [1.807, 2.05) is 18.2 Å². The first kappa shape index (κ1) is 16.1. The maximum atomic E-state index is 9.46. The minimum absolute atomic E-state index is 0.314. The van der Waals surface area contributed by atoms with Crippen molar-refractivity contribution in [1.82, 2.24) is 5.32 Å². The van der Waals surface area contributed by atoms with E-state index in [2.05, 4.69) is 5.32 Å². The fraction of sp³-hybridized carbons (Fsp3) is 0.647. The molecule has 2 N–H and O–H groups in total. The second kappa shape index (κ2) is 8.25. The Labute approximate surface area is 127 Å². The summed E-state index contributed by atoms with van der Waals surface area (Å²) in [4.78, 5) is 0. The molecule has 0 aliphatic heterocycles. The summed E-state index contributed by atoms with van der Waals surface area (Å²) < 4.78 is 10.7. The van der Waals surface area contributed by atoms with Crippen LogP contribution < -0.4 is 14.8 Å². The Morgan fingerprint density at radius 3 is 2.57 bits per heavy atom. The molecule has 4 heteroatoms. The first-order valence-electron chi connectivity index (χ1n) is 7.81. The Kier molecular flexibility index (Phi) is 6.33. The van der Waals surface area contributed by atoms with E-state index in [0.717, 1.165) is 36.6 Å². The van der Waals surface area contributed by atoms with Gasteiger partial charge in [0.2, 0.25) is 0 Å². The van der Waals surface area contributed by atoms with Gasteiger partial charge in [-0.1, -0.05) is 12.8 Å². The molecule has 2 rings (SSSR count). The molecule has 0 aromatic heterocycles. The molecule has 0 spiro atoms. The summed E-state index contributed by atoms with van der Waals surface area (Å²) >= 11 is 0. The molecule has 4 nitrogen and oxygen atoms in total. The minimum Gasteiger partial charge on any atom is -0.497 e. The number of hydrogen-bond donors (Lipinski definition) is 2. The van der Waals surface area contributed by atoms with E-state index in [-0.39, 0.29) is 0 Å². The molecule has 21 heavy (non-hydrogen) atoms. The van der Waals surface area contributed by atoms with E-state index in [1.54, 1.807) is 14.2 Å². The fourth-order valence-electron chi connectivity index (χ4n) is 3.21. The van der Waals surface area contributed by atoms with Crippen LogP contribution in [0.2, 0.25) is 0 Å². The summed E-state index contributed by atoms with van der Waals surface area (Å²) in [6.07, 6.45) is 4.91. The Bertz CT molecular complexity index is 436. The summed E-state index contributed by atoms with van der Waals surface area (Å²) in [5, 5.41) is 13.0. The van der Waals surface area contributed by atoms with E-state index in [4.69, 9.17) is 9.47 Å². The Morgan fingerprint density at radius 2 is 1.90 bits per heavy atom. The molecule has 1 aliphatic carbocycles. The lowest BCUT2D eigenvalue weighted by Gasteiger charge is -2.30. The van der Waals surface area contributed by atoms with Gasteiger partial charge in [-0.3, -0.25) is 0 Å². The zero-order chi connectivity index (χ0) is 15.1. The topological polar surface area (TPSA) is 50.7 Å². The van der Waals surface area contributed by atoms with Crippen molar-refractivity contribution in [3.8, 4) is 11.5 Å². The number of aliphatic hydroxyl groups excluding tert-OH is 1. The van der Waals surface area contributed by atoms with Crippen LogP contribution in [0.1, 0.15) is 31.2 Å². The number of hydrogen-bond acceptors (Lipinski definition) is 4. The first-order valence-corrected chi connectivity index (χ1v) is 7.81. The van der Waals surface area contributed by atoms with E-state index in [1.165, 1.54) is 19.3 Å². The van der Waals surface area contributed by atoms with Crippen molar-refractivity contribution in [2.45, 2.75) is 32.2 Å². The molecule has 2 atom stereocenters. The molecule has 1 aliphatic rings. The predicted molar refractivity (Wildman–Crippen MR) is 83.8 cm³/mol. The molecule has 1 aromatic rings. The summed E-state index contributed by atoms with van der Waals surface area (Å²) in [7, 11) is 3.36. The van der Waals surface area contributed by atoms with Gasteiger partial charge in [0.25, 0.3) is 0 Å². The molecular formula is C17H27NO3. The normalized spacial score (nSPS) is 22.0. The molecule has 0 amide bonds. The molecule has 1 saturated carbocycles. The van der Waals surface area contributed by atoms with Crippen molar-refractivity contribution in [3.05, 3.63) is 23.8 Å². The third-order valence-corrected chi connectivity index (χ3v) is 4.51. The van der Waals surface area contributed by atoms with Gasteiger partial charge < -0.3 is 19.9 Å². The molecule has 118 valence electrons. The highest BCUT2D eigenvalue weighted by Crippen LogP contribution is 2.29. The number of rotatable bonds is 7. The van der Waals surface area contributed by atoms with Gasteiger partial charge in [0.1, 0.15) is 11.5 Å². The van der Waals surface area contributed by atoms with Crippen LogP contribution in [0.4, 0.5) is 0 Å². The van der Waals surface area contributed by atoms with Crippen LogP contribution in [0.25, 0.3) is 0 Å². The standard InChI is InChI=1S/C17H27NO3/c1-20-16-7-8-17(21-2)15(9-16)11-18-10-13-5-3-4-6-14(13)12-19/h7-9,13-14,18-19H,3-6,10-12H2,1-2H3. The number of methoxy groups -OCH3 is 2. The van der Waals surface area contributed by atoms with Gasteiger partial charge in [0.05, 0.1) is 14.2 Å². The van der Waals surface area contributed by atoms with E-state index < -0.39 is 0 Å². The zero-order valence-corrected chi connectivity index (χ0v) is 13.1. The zero-order valence-electron chi connectivity index (χ0n) is 13.1. The average molecular weight is 293 g/mol. The van der Waals surface area contributed by atoms with Crippen LogP contribution in [0.5, 0.6) is 11.5 Å². The minimum atomic E-state index is 0.314. The van der Waals surface area contributed by atoms with Crippen molar-refractivity contribution in [1.29, 1.82) is 0 Å². The van der Waals surface area contributed by atoms with Gasteiger partial charge in [-0.25, -0.2) is 0 Å². The Balaban J connectivity index is 1.90. The van der Waals surface area contributed by atoms with Gasteiger partial charge in [-0.15, -0.1) is 0 Å². The summed E-state index contributed by atoms with van der Waals surface area (Å²) in [6.45, 7) is 2.02. The lowest BCUT2D eigenvalue weighted by atomic mass is 9.79. The highest BCUT2D eigenvalue weighted by molar-refractivity contribution is 5.40. The highest BCUT2D eigenvalue weighted by atomic mass is 16.5. The Morgan fingerprint density at radius 1 is 1.14 bits per heavy atom. The predicted octanol–water partition coefficient (Wildman–Crippen LogP) is 2.59. The van der Waals surface area contributed by atoms with E-state index in [9.17, 15) is 5.11 Å². The number of nitrogens with one attached hydrogen (secondary N) is 1. The summed E-state index contributed by atoms with van der Waals surface area (Å²) in [6, 6.07) is 5.86. The van der Waals surface area contributed by atoms with Crippen LogP contribution in [0.3, 0.4) is 0 Å². The molecule has 1 fully saturated rings. The average Bonchev–Trinajstić information content (AvgIpc) is 2.55. The lowest BCUT2D eigenvalue weighted by Crippen LogP contribution is -2.32. The SMILES string of the molecule is COc1ccc(OC)c(CNCC2CCCCC2CO)c1. The second-order valence-electron chi connectivity index (χ2n) is 5.80. The van der Waals surface area contributed by atoms with Crippen molar-refractivity contribution in [3.63, 3.8) is 0 Å². The fourth-order valence-corrected chi connectivity index (χ4v) is 3.21. The molecule has 0 radical (unpaired) electrons. The quantitative estimate of drug-likeness (QED) is 0.811. The third kappa shape index (κ3) is 4.35. The smallest absolute Gasteiger partial charge is 0.123 e. The molecule has 1 aromatic carbocycles. The first-order chi connectivity index (χ1) is 10.3. The molecule has 0 saturated heterocycles. The van der Waals surface area contributed by atoms with E-state index in [0.29, 0.717) is 18.4 Å². The van der Waals surface area contributed by atoms with Crippen molar-refractivity contribution >= 4 is 0 Å². The highest BCUT2D eigenvalue weighted by Gasteiger charge is 2.23. The van der Waals surface area contributed by atoms with E-state index >= 15 is 0 Å². The molecule has 2 unspecified atom stereocenters. The van der Waals surface area contributed by atoms with Gasteiger partial charge in [-0.05, 0) is 49.4 Å². The number of aliphatic hydroxyl groups is 1. The molecule has 0 bridgehead atoms. The van der Waals surface area contributed by atoms with Gasteiger partial charge in [0.15, 0.2) is 0 Å². The van der Waals surface area contributed by atoms with Gasteiger partial charge >= 0.3 is 0 Å². The molecule has 0 heterocycles. The maximum absolute atomic E-state index is 9.46. The van der Waals surface area contributed by atoms with Gasteiger partial charge in [0, 0.05) is 18.7 Å². The summed E-state index contributed by atoms with van der Waals surface area (Å²) in [5.41, 5.74) is 1.10. The molecular weight excluding hydrogens is 266 g/mol. The van der Waals surface area contributed by atoms with Crippen LogP contribution >= 0.6 is 0 Å². The monoisotopic (exact) mass is 293 g/mol. The maximum Gasteiger partial charge on any atom is 0.123 e. The number of ether oxygens (including phenoxy) is 2. The van der Waals surface area contributed by atoms with Crippen LogP contribution in [-0.4, -0.2) is 32.5 Å². The summed E-state index contributed by atoms with van der Waals surface area (Å²) in [5.74, 6) is 2.77. The number of benzene rings is 1. The Hall–Kier alpha value is -1.26. The van der Waals surface area contributed by atoms with Crippen LogP contribution in [0.15, 0.2) is 18.2 Å².